The van der Waals surface area contributed by atoms with Crippen molar-refractivity contribution in [2.24, 2.45) is 0 Å². The zero-order valence-corrected chi connectivity index (χ0v) is 14.0. The van der Waals surface area contributed by atoms with Crippen LogP contribution in [-0.2, 0) is 13.2 Å². The second-order valence-electron chi connectivity index (χ2n) is 5.34. The van der Waals surface area contributed by atoms with E-state index in [4.69, 9.17) is 16.3 Å². The van der Waals surface area contributed by atoms with E-state index in [1.54, 1.807) is 0 Å². The molecule has 2 aromatic rings. The molecule has 0 spiro atoms. The highest BCUT2D eigenvalue weighted by Gasteiger charge is 2.20. The molecule has 0 heterocycles. The Hall–Kier alpha value is -1.03. The van der Waals surface area contributed by atoms with Crippen LogP contribution in [0.1, 0.15) is 24.0 Å². The summed E-state index contributed by atoms with van der Waals surface area (Å²) in [5, 5.41) is 4.15. The van der Waals surface area contributed by atoms with Gasteiger partial charge in [-0.05, 0) is 48.2 Å². The zero-order chi connectivity index (χ0) is 14.7. The quantitative estimate of drug-likeness (QED) is 0.782. The van der Waals surface area contributed by atoms with Gasteiger partial charge >= 0.3 is 0 Å². The van der Waals surface area contributed by atoms with Crippen LogP contribution >= 0.6 is 27.5 Å². The van der Waals surface area contributed by atoms with Crippen LogP contribution in [0.15, 0.2) is 46.9 Å². The summed E-state index contributed by atoms with van der Waals surface area (Å²) in [7, 11) is 0. The van der Waals surface area contributed by atoms with E-state index in [0.29, 0.717) is 17.7 Å². The number of benzene rings is 2. The van der Waals surface area contributed by atoms with Gasteiger partial charge in [-0.25, -0.2) is 0 Å². The molecule has 0 aliphatic heterocycles. The first kappa shape index (κ1) is 14.9. The van der Waals surface area contributed by atoms with Gasteiger partial charge in [-0.3, -0.25) is 0 Å². The molecule has 1 fully saturated rings. The molecular formula is C17H17BrClNO. The predicted molar refractivity (Wildman–Crippen MR) is 89.8 cm³/mol. The zero-order valence-electron chi connectivity index (χ0n) is 11.6. The summed E-state index contributed by atoms with van der Waals surface area (Å²) in [6, 6.07) is 14.8. The van der Waals surface area contributed by atoms with Gasteiger partial charge in [0.25, 0.3) is 0 Å². The van der Waals surface area contributed by atoms with Crippen molar-refractivity contribution in [3.8, 4) is 5.75 Å². The first-order valence-electron chi connectivity index (χ1n) is 7.10. The lowest BCUT2D eigenvalue weighted by atomic mass is 10.2. The topological polar surface area (TPSA) is 21.3 Å². The van der Waals surface area contributed by atoms with Crippen LogP contribution < -0.4 is 10.1 Å². The molecule has 1 aliphatic rings. The van der Waals surface area contributed by atoms with Gasteiger partial charge in [0.15, 0.2) is 0 Å². The first-order valence-corrected chi connectivity index (χ1v) is 8.27. The Morgan fingerprint density at radius 1 is 1.10 bits per heavy atom. The molecule has 21 heavy (non-hydrogen) atoms. The van der Waals surface area contributed by atoms with Gasteiger partial charge in [-0.1, -0.05) is 45.7 Å². The monoisotopic (exact) mass is 365 g/mol. The number of hydrogen-bond acceptors (Lipinski definition) is 2. The smallest absolute Gasteiger partial charge is 0.138 e. The minimum Gasteiger partial charge on any atom is -0.487 e. The van der Waals surface area contributed by atoms with Crippen molar-refractivity contribution in [1.29, 1.82) is 0 Å². The highest BCUT2D eigenvalue weighted by atomic mass is 79.9. The summed E-state index contributed by atoms with van der Waals surface area (Å²) in [5.74, 6) is 0.731. The van der Waals surface area contributed by atoms with E-state index in [1.807, 2.05) is 36.4 Å². The maximum Gasteiger partial charge on any atom is 0.138 e. The standard InChI is InChI=1S/C17H17BrClNO/c18-14-4-1-12(2-5-14)11-21-17-8-3-13(9-16(17)19)10-20-15-6-7-15/h1-5,8-9,15,20H,6-7,10-11H2. The summed E-state index contributed by atoms with van der Waals surface area (Å²) in [5.41, 5.74) is 2.32. The molecule has 2 nitrogen and oxygen atoms in total. The van der Waals surface area contributed by atoms with Crippen molar-refractivity contribution < 1.29 is 4.74 Å². The Kier molecular flexibility index (Phi) is 4.84. The Morgan fingerprint density at radius 2 is 1.81 bits per heavy atom. The van der Waals surface area contributed by atoms with E-state index < -0.39 is 0 Å². The number of halogens is 2. The van der Waals surface area contributed by atoms with E-state index in [-0.39, 0.29) is 0 Å². The molecular weight excluding hydrogens is 350 g/mol. The van der Waals surface area contributed by atoms with Gasteiger partial charge in [0.2, 0.25) is 0 Å². The molecule has 0 atom stereocenters. The van der Waals surface area contributed by atoms with Crippen molar-refractivity contribution in [3.05, 3.63) is 63.1 Å². The highest BCUT2D eigenvalue weighted by molar-refractivity contribution is 9.10. The van der Waals surface area contributed by atoms with Crippen LogP contribution in [0.5, 0.6) is 5.75 Å². The van der Waals surface area contributed by atoms with Crippen LogP contribution in [0.3, 0.4) is 0 Å². The molecule has 4 heteroatoms. The van der Waals surface area contributed by atoms with E-state index in [9.17, 15) is 0 Å². The van der Waals surface area contributed by atoms with Crippen LogP contribution in [0, 0.1) is 0 Å². The van der Waals surface area contributed by atoms with Gasteiger partial charge < -0.3 is 10.1 Å². The Balaban J connectivity index is 1.58. The molecule has 0 unspecified atom stereocenters. The lowest BCUT2D eigenvalue weighted by Crippen LogP contribution is -2.15. The van der Waals surface area contributed by atoms with Crippen molar-refractivity contribution in [1.82, 2.24) is 5.32 Å². The van der Waals surface area contributed by atoms with Gasteiger partial charge in [0.1, 0.15) is 12.4 Å². The third kappa shape index (κ3) is 4.47. The third-order valence-electron chi connectivity index (χ3n) is 3.48. The average molecular weight is 367 g/mol. The van der Waals surface area contributed by atoms with Crippen molar-refractivity contribution in [2.45, 2.75) is 32.0 Å². The van der Waals surface area contributed by atoms with Crippen molar-refractivity contribution in [2.75, 3.05) is 0 Å². The van der Waals surface area contributed by atoms with E-state index in [2.05, 4.69) is 27.3 Å². The first-order chi connectivity index (χ1) is 10.2. The van der Waals surface area contributed by atoms with E-state index >= 15 is 0 Å². The fraction of sp³-hybridized carbons (Fsp3) is 0.294. The van der Waals surface area contributed by atoms with Crippen LogP contribution in [0.2, 0.25) is 5.02 Å². The molecule has 1 N–H and O–H groups in total. The van der Waals surface area contributed by atoms with Crippen LogP contribution in [-0.4, -0.2) is 6.04 Å². The third-order valence-corrected chi connectivity index (χ3v) is 4.30. The Bertz CT molecular complexity index is 611. The SMILES string of the molecule is Clc1cc(CNC2CC2)ccc1OCc1ccc(Br)cc1. The minimum atomic E-state index is 0.521. The molecule has 0 amide bonds. The summed E-state index contributed by atoms with van der Waals surface area (Å²) in [6.45, 7) is 1.39. The van der Waals surface area contributed by atoms with Crippen molar-refractivity contribution >= 4 is 27.5 Å². The molecule has 0 bridgehead atoms. The number of hydrogen-bond donors (Lipinski definition) is 1. The highest BCUT2D eigenvalue weighted by Crippen LogP contribution is 2.27. The van der Waals surface area contributed by atoms with Gasteiger partial charge in [0, 0.05) is 17.1 Å². The predicted octanol–water partition coefficient (Wildman–Crippen LogP) is 4.93. The lowest BCUT2D eigenvalue weighted by Gasteiger charge is -2.10. The summed E-state index contributed by atoms with van der Waals surface area (Å²) >= 11 is 9.71. The van der Waals surface area contributed by atoms with Gasteiger partial charge in [-0.2, -0.15) is 0 Å². The molecule has 0 aromatic heterocycles. The molecule has 3 rings (SSSR count). The second-order valence-corrected chi connectivity index (χ2v) is 6.66. The lowest BCUT2D eigenvalue weighted by molar-refractivity contribution is 0.306. The van der Waals surface area contributed by atoms with Crippen LogP contribution in [0.25, 0.3) is 0 Å². The summed E-state index contributed by atoms with van der Waals surface area (Å²) in [6.07, 6.45) is 2.59. The van der Waals surface area contributed by atoms with Gasteiger partial charge in [-0.15, -0.1) is 0 Å². The number of nitrogens with one attached hydrogen (secondary N) is 1. The van der Waals surface area contributed by atoms with Crippen molar-refractivity contribution in [3.63, 3.8) is 0 Å². The average Bonchev–Trinajstić information content (AvgIpc) is 3.30. The Labute approximate surface area is 138 Å². The summed E-state index contributed by atoms with van der Waals surface area (Å²) in [4.78, 5) is 0. The number of ether oxygens (including phenoxy) is 1. The van der Waals surface area contributed by atoms with Crippen LogP contribution in [0.4, 0.5) is 0 Å². The molecule has 0 saturated heterocycles. The van der Waals surface area contributed by atoms with E-state index in [1.165, 1.54) is 18.4 Å². The molecule has 2 aromatic carbocycles. The maximum absolute atomic E-state index is 6.29. The molecule has 110 valence electrons. The molecule has 1 saturated carbocycles. The molecule has 0 radical (unpaired) electrons. The second kappa shape index (κ2) is 6.82. The largest absolute Gasteiger partial charge is 0.487 e. The number of rotatable bonds is 6. The minimum absolute atomic E-state index is 0.521. The molecule has 1 aliphatic carbocycles. The maximum atomic E-state index is 6.29. The fourth-order valence-corrected chi connectivity index (χ4v) is 2.58. The normalized spacial score (nSPS) is 14.2. The summed E-state index contributed by atoms with van der Waals surface area (Å²) < 4.78 is 6.85. The van der Waals surface area contributed by atoms with Gasteiger partial charge in [0.05, 0.1) is 5.02 Å². The Morgan fingerprint density at radius 3 is 2.48 bits per heavy atom. The van der Waals surface area contributed by atoms with E-state index in [0.717, 1.165) is 22.3 Å². The fourth-order valence-electron chi connectivity index (χ4n) is 2.06.